The lowest BCUT2D eigenvalue weighted by Gasteiger charge is -2.27. The molecule has 0 heterocycles. The van der Waals surface area contributed by atoms with Crippen LogP contribution in [0.25, 0.3) is 0 Å². The fourth-order valence-electron chi connectivity index (χ4n) is 2.67. The summed E-state index contributed by atoms with van der Waals surface area (Å²) < 4.78 is 13.0. The molecule has 0 spiro atoms. The Morgan fingerprint density at radius 3 is 2.05 bits per heavy atom. The molecule has 19 heavy (non-hydrogen) atoms. The first kappa shape index (κ1) is 16.2. The van der Waals surface area contributed by atoms with Crippen LogP contribution in [0.1, 0.15) is 46.1 Å². The number of halogens is 1. The summed E-state index contributed by atoms with van der Waals surface area (Å²) in [7, 11) is 0. The van der Waals surface area contributed by atoms with Gasteiger partial charge in [-0.15, -0.1) is 0 Å². The van der Waals surface area contributed by atoms with E-state index >= 15 is 0 Å². The molecule has 1 rings (SSSR count). The lowest BCUT2D eigenvalue weighted by atomic mass is 9.83. The number of rotatable bonds is 8. The summed E-state index contributed by atoms with van der Waals surface area (Å²) in [6.45, 7) is 9.94. The second-order valence-electron chi connectivity index (χ2n) is 5.73. The van der Waals surface area contributed by atoms with Crippen LogP contribution in [-0.4, -0.2) is 12.6 Å². The Hall–Kier alpha value is -0.890. The van der Waals surface area contributed by atoms with Crippen LogP contribution in [-0.2, 0) is 6.42 Å². The summed E-state index contributed by atoms with van der Waals surface area (Å²) in [5.41, 5.74) is 1.24. The summed E-state index contributed by atoms with van der Waals surface area (Å²) in [6, 6.07) is 7.48. The van der Waals surface area contributed by atoms with Crippen LogP contribution < -0.4 is 5.32 Å². The zero-order chi connectivity index (χ0) is 14.3. The molecular weight excluding hydrogens is 237 g/mol. The van der Waals surface area contributed by atoms with Gasteiger partial charge in [-0.25, -0.2) is 4.39 Å². The van der Waals surface area contributed by atoms with Crippen molar-refractivity contribution in [2.45, 2.75) is 53.0 Å². The molecule has 0 saturated heterocycles. The van der Waals surface area contributed by atoms with Crippen LogP contribution in [0.5, 0.6) is 0 Å². The van der Waals surface area contributed by atoms with Gasteiger partial charge in [0, 0.05) is 6.04 Å². The predicted octanol–water partition coefficient (Wildman–Crippen LogP) is 4.42. The Labute approximate surface area is 117 Å². The zero-order valence-electron chi connectivity index (χ0n) is 12.7. The van der Waals surface area contributed by atoms with E-state index in [0.29, 0.717) is 12.0 Å². The van der Waals surface area contributed by atoms with E-state index in [1.165, 1.54) is 18.4 Å². The third-order valence-electron chi connectivity index (χ3n) is 3.91. The van der Waals surface area contributed by atoms with Crippen molar-refractivity contribution in [1.82, 2.24) is 5.32 Å². The molecule has 0 aliphatic rings. The van der Waals surface area contributed by atoms with Gasteiger partial charge in [0.1, 0.15) is 5.82 Å². The zero-order valence-corrected chi connectivity index (χ0v) is 12.7. The number of nitrogens with one attached hydrogen (secondary N) is 1. The maximum absolute atomic E-state index is 13.0. The molecule has 0 amide bonds. The van der Waals surface area contributed by atoms with Crippen molar-refractivity contribution < 1.29 is 4.39 Å². The van der Waals surface area contributed by atoms with Gasteiger partial charge in [-0.3, -0.25) is 0 Å². The Balaban J connectivity index is 2.69. The molecule has 2 heteroatoms. The topological polar surface area (TPSA) is 12.0 Å². The van der Waals surface area contributed by atoms with E-state index in [4.69, 9.17) is 0 Å². The van der Waals surface area contributed by atoms with Gasteiger partial charge in [0.25, 0.3) is 0 Å². The third-order valence-corrected chi connectivity index (χ3v) is 3.91. The van der Waals surface area contributed by atoms with Gasteiger partial charge in [-0.05, 0) is 42.5 Å². The smallest absolute Gasteiger partial charge is 0.123 e. The van der Waals surface area contributed by atoms with E-state index in [9.17, 15) is 4.39 Å². The van der Waals surface area contributed by atoms with Crippen LogP contribution in [0, 0.1) is 17.7 Å². The molecule has 0 bridgehead atoms. The summed E-state index contributed by atoms with van der Waals surface area (Å²) in [5, 5.41) is 3.55. The van der Waals surface area contributed by atoms with Gasteiger partial charge >= 0.3 is 0 Å². The second kappa shape index (κ2) is 8.31. The lowest BCUT2D eigenvalue weighted by Crippen LogP contribution is -2.33. The van der Waals surface area contributed by atoms with Crippen LogP contribution in [0.3, 0.4) is 0 Å². The highest BCUT2D eigenvalue weighted by Gasteiger charge is 2.19. The van der Waals surface area contributed by atoms with Crippen molar-refractivity contribution in [1.29, 1.82) is 0 Å². The highest BCUT2D eigenvalue weighted by Crippen LogP contribution is 2.23. The van der Waals surface area contributed by atoms with E-state index in [-0.39, 0.29) is 5.82 Å². The predicted molar refractivity (Wildman–Crippen MR) is 80.8 cm³/mol. The first-order chi connectivity index (χ1) is 9.06. The van der Waals surface area contributed by atoms with Gasteiger partial charge < -0.3 is 5.32 Å². The Morgan fingerprint density at radius 2 is 1.58 bits per heavy atom. The monoisotopic (exact) mass is 265 g/mol. The molecule has 1 aromatic rings. The van der Waals surface area contributed by atoms with Gasteiger partial charge in [0.2, 0.25) is 0 Å². The molecule has 1 unspecified atom stereocenters. The van der Waals surface area contributed by atoms with E-state index in [2.05, 4.69) is 33.0 Å². The lowest BCUT2D eigenvalue weighted by molar-refractivity contribution is 0.291. The van der Waals surface area contributed by atoms with Crippen molar-refractivity contribution in [2.24, 2.45) is 11.8 Å². The second-order valence-corrected chi connectivity index (χ2v) is 5.73. The van der Waals surface area contributed by atoms with Crippen molar-refractivity contribution in [2.75, 3.05) is 6.54 Å². The largest absolute Gasteiger partial charge is 0.314 e. The molecule has 0 radical (unpaired) electrons. The maximum Gasteiger partial charge on any atom is 0.123 e. The Morgan fingerprint density at radius 1 is 1.00 bits per heavy atom. The average Bonchev–Trinajstić information content (AvgIpc) is 2.39. The first-order valence-electron chi connectivity index (χ1n) is 7.54. The molecule has 0 fully saturated rings. The minimum absolute atomic E-state index is 0.150. The number of hydrogen-bond donors (Lipinski definition) is 1. The third kappa shape index (κ3) is 5.73. The molecule has 0 aliphatic carbocycles. The van der Waals surface area contributed by atoms with Crippen molar-refractivity contribution in [3.63, 3.8) is 0 Å². The molecule has 0 saturated carbocycles. The van der Waals surface area contributed by atoms with Gasteiger partial charge in [0.05, 0.1) is 0 Å². The molecule has 1 aromatic carbocycles. The van der Waals surface area contributed by atoms with E-state index in [1.807, 2.05) is 12.1 Å². The van der Waals surface area contributed by atoms with E-state index in [1.54, 1.807) is 12.1 Å². The van der Waals surface area contributed by atoms with Crippen LogP contribution in [0.4, 0.5) is 4.39 Å². The van der Waals surface area contributed by atoms with Crippen molar-refractivity contribution in [3.8, 4) is 0 Å². The fraction of sp³-hybridized carbons (Fsp3) is 0.647. The summed E-state index contributed by atoms with van der Waals surface area (Å²) in [4.78, 5) is 0. The minimum Gasteiger partial charge on any atom is -0.314 e. The van der Waals surface area contributed by atoms with Gasteiger partial charge in [0.15, 0.2) is 0 Å². The van der Waals surface area contributed by atoms with Crippen LogP contribution >= 0.6 is 0 Å². The molecule has 1 N–H and O–H groups in total. The SMILES string of the molecule is CCC(CC)C(CNC(C)C)Cc1ccc(F)cc1. The molecule has 1 atom stereocenters. The fourth-order valence-corrected chi connectivity index (χ4v) is 2.67. The maximum atomic E-state index is 13.0. The molecule has 0 aromatic heterocycles. The normalized spacial score (nSPS) is 13.2. The van der Waals surface area contributed by atoms with E-state index in [0.717, 1.165) is 18.9 Å². The highest BCUT2D eigenvalue weighted by atomic mass is 19.1. The van der Waals surface area contributed by atoms with Crippen LogP contribution in [0.15, 0.2) is 24.3 Å². The molecule has 108 valence electrons. The molecule has 0 aliphatic heterocycles. The number of hydrogen-bond acceptors (Lipinski definition) is 1. The first-order valence-corrected chi connectivity index (χ1v) is 7.54. The average molecular weight is 265 g/mol. The number of benzene rings is 1. The van der Waals surface area contributed by atoms with Gasteiger partial charge in [-0.1, -0.05) is 52.7 Å². The highest BCUT2D eigenvalue weighted by molar-refractivity contribution is 5.16. The minimum atomic E-state index is -0.150. The summed E-state index contributed by atoms with van der Waals surface area (Å²) >= 11 is 0. The van der Waals surface area contributed by atoms with E-state index < -0.39 is 0 Å². The standard InChI is InChI=1S/C17H28FN/c1-5-15(6-2)16(12-19-13(3)4)11-14-7-9-17(18)10-8-14/h7-10,13,15-16,19H,5-6,11-12H2,1-4H3. The van der Waals surface area contributed by atoms with Crippen LogP contribution in [0.2, 0.25) is 0 Å². The summed E-state index contributed by atoms with van der Waals surface area (Å²) in [5.74, 6) is 1.21. The van der Waals surface area contributed by atoms with Crippen molar-refractivity contribution in [3.05, 3.63) is 35.6 Å². The van der Waals surface area contributed by atoms with Gasteiger partial charge in [-0.2, -0.15) is 0 Å². The Bertz CT molecular complexity index is 341. The Kier molecular flexibility index (Phi) is 7.07. The van der Waals surface area contributed by atoms with Crippen molar-refractivity contribution >= 4 is 0 Å². The summed E-state index contributed by atoms with van der Waals surface area (Å²) in [6.07, 6.45) is 3.45. The quantitative estimate of drug-likeness (QED) is 0.733. The molecule has 1 nitrogen and oxygen atoms in total. The molecular formula is C17H28FN.